The molecule has 0 aliphatic carbocycles. The summed E-state index contributed by atoms with van der Waals surface area (Å²) in [5, 5.41) is 10.5. The van der Waals surface area contributed by atoms with Gasteiger partial charge in [0.05, 0.1) is 24.8 Å². The lowest BCUT2D eigenvalue weighted by Crippen LogP contribution is -2.10. The van der Waals surface area contributed by atoms with Gasteiger partial charge in [0, 0.05) is 6.04 Å². The van der Waals surface area contributed by atoms with E-state index in [2.05, 4.69) is 25.8 Å². The van der Waals surface area contributed by atoms with Crippen molar-refractivity contribution in [2.24, 2.45) is 0 Å². The summed E-state index contributed by atoms with van der Waals surface area (Å²) in [6, 6.07) is 7.85. The lowest BCUT2D eigenvalue weighted by atomic mass is 10.1. The Labute approximate surface area is 120 Å². The molecule has 4 nitrogen and oxygen atoms in total. The minimum Gasteiger partial charge on any atom is -0.494 e. The van der Waals surface area contributed by atoms with Gasteiger partial charge in [-0.05, 0) is 38.0 Å². The minimum atomic E-state index is -0.667. The Hall–Kier alpha value is -1.81. The van der Waals surface area contributed by atoms with E-state index in [0.29, 0.717) is 6.61 Å². The fourth-order valence-corrected chi connectivity index (χ4v) is 2.10. The van der Waals surface area contributed by atoms with E-state index in [1.165, 1.54) is 0 Å². The third kappa shape index (κ3) is 3.20. The molecule has 108 valence electrons. The van der Waals surface area contributed by atoms with Gasteiger partial charge in [0.15, 0.2) is 0 Å². The summed E-state index contributed by atoms with van der Waals surface area (Å²) in [5.74, 6) is 0.833. The molecule has 0 fully saturated rings. The van der Waals surface area contributed by atoms with Crippen LogP contribution in [0, 0.1) is 0 Å². The summed E-state index contributed by atoms with van der Waals surface area (Å²) in [6.45, 7) is 6.92. The van der Waals surface area contributed by atoms with Crippen molar-refractivity contribution < 1.29 is 9.84 Å². The molecule has 0 aliphatic heterocycles. The molecular formula is C16H22N2O2. The molecule has 1 atom stereocenters. The van der Waals surface area contributed by atoms with Crippen LogP contribution in [-0.4, -0.2) is 21.3 Å². The van der Waals surface area contributed by atoms with Crippen LogP contribution in [0.25, 0.3) is 0 Å². The number of imidazole rings is 1. The highest BCUT2D eigenvalue weighted by molar-refractivity contribution is 5.31. The van der Waals surface area contributed by atoms with Gasteiger partial charge in [0.2, 0.25) is 0 Å². The maximum atomic E-state index is 10.5. The summed E-state index contributed by atoms with van der Waals surface area (Å²) < 4.78 is 7.52. The van der Waals surface area contributed by atoms with Gasteiger partial charge in [-0.2, -0.15) is 0 Å². The third-order valence-corrected chi connectivity index (χ3v) is 3.20. The molecule has 0 aliphatic rings. The zero-order valence-corrected chi connectivity index (χ0v) is 12.3. The Morgan fingerprint density at radius 3 is 2.55 bits per heavy atom. The normalized spacial score (nSPS) is 12.7. The number of aromatic nitrogens is 2. The molecule has 4 heteroatoms. The van der Waals surface area contributed by atoms with E-state index < -0.39 is 6.10 Å². The van der Waals surface area contributed by atoms with Crippen LogP contribution < -0.4 is 4.74 Å². The van der Waals surface area contributed by atoms with E-state index in [1.54, 1.807) is 12.5 Å². The summed E-state index contributed by atoms with van der Waals surface area (Å²) in [7, 11) is 0. The fourth-order valence-electron chi connectivity index (χ4n) is 2.10. The lowest BCUT2D eigenvalue weighted by molar-refractivity contribution is 0.207. The van der Waals surface area contributed by atoms with Crippen molar-refractivity contribution >= 4 is 0 Å². The van der Waals surface area contributed by atoms with E-state index >= 15 is 0 Å². The van der Waals surface area contributed by atoms with Gasteiger partial charge in [-0.1, -0.05) is 19.1 Å². The molecule has 1 aromatic heterocycles. The molecule has 20 heavy (non-hydrogen) atoms. The van der Waals surface area contributed by atoms with Crippen molar-refractivity contribution in [1.82, 2.24) is 9.55 Å². The van der Waals surface area contributed by atoms with Crippen molar-refractivity contribution in [3.05, 3.63) is 48.0 Å². The first-order chi connectivity index (χ1) is 9.63. The molecule has 2 aromatic rings. The van der Waals surface area contributed by atoms with Crippen LogP contribution in [0.4, 0.5) is 0 Å². The van der Waals surface area contributed by atoms with E-state index in [4.69, 9.17) is 4.74 Å². The van der Waals surface area contributed by atoms with Gasteiger partial charge in [-0.25, -0.2) is 4.98 Å². The van der Waals surface area contributed by atoms with Crippen LogP contribution in [0.5, 0.6) is 5.75 Å². The summed E-state index contributed by atoms with van der Waals surface area (Å²) in [6.07, 6.45) is 3.78. The molecule has 0 spiro atoms. The average Bonchev–Trinajstić information content (AvgIpc) is 2.94. The van der Waals surface area contributed by atoms with Crippen LogP contribution in [0.1, 0.15) is 50.6 Å². The smallest absolute Gasteiger partial charge is 0.121 e. The Kier molecular flexibility index (Phi) is 4.79. The molecule has 0 saturated carbocycles. The monoisotopic (exact) mass is 274 g/mol. The second-order valence-electron chi connectivity index (χ2n) is 5.14. The second kappa shape index (κ2) is 6.57. The Morgan fingerprint density at radius 2 is 1.95 bits per heavy atom. The number of rotatable bonds is 6. The van der Waals surface area contributed by atoms with Crippen molar-refractivity contribution in [3.8, 4) is 5.75 Å². The van der Waals surface area contributed by atoms with Crippen LogP contribution in [-0.2, 0) is 0 Å². The van der Waals surface area contributed by atoms with Crippen LogP contribution in [0.3, 0.4) is 0 Å². The SMILES string of the molecule is CCCOc1ccc(C(O)c2cncn2C(C)C)cc1. The molecule has 1 heterocycles. The topological polar surface area (TPSA) is 47.3 Å². The van der Waals surface area contributed by atoms with E-state index in [0.717, 1.165) is 23.4 Å². The zero-order valence-electron chi connectivity index (χ0n) is 12.3. The van der Waals surface area contributed by atoms with Gasteiger partial charge < -0.3 is 14.4 Å². The lowest BCUT2D eigenvalue weighted by Gasteiger charge is -2.17. The molecule has 0 bridgehead atoms. The number of nitrogens with zero attached hydrogens (tertiary/aromatic N) is 2. The molecule has 0 saturated heterocycles. The predicted molar refractivity (Wildman–Crippen MR) is 78.9 cm³/mol. The molecule has 0 amide bonds. The third-order valence-electron chi connectivity index (χ3n) is 3.20. The largest absolute Gasteiger partial charge is 0.494 e. The van der Waals surface area contributed by atoms with Gasteiger partial charge >= 0.3 is 0 Å². The summed E-state index contributed by atoms with van der Waals surface area (Å²) in [5.41, 5.74) is 1.65. The fraction of sp³-hybridized carbons (Fsp3) is 0.438. The van der Waals surface area contributed by atoms with Crippen molar-refractivity contribution in [2.75, 3.05) is 6.61 Å². The highest BCUT2D eigenvalue weighted by atomic mass is 16.5. The maximum absolute atomic E-state index is 10.5. The molecule has 1 aromatic carbocycles. The van der Waals surface area contributed by atoms with Crippen LogP contribution in [0.2, 0.25) is 0 Å². The van der Waals surface area contributed by atoms with Crippen molar-refractivity contribution in [1.29, 1.82) is 0 Å². The summed E-state index contributed by atoms with van der Waals surface area (Å²) in [4.78, 5) is 4.13. The van der Waals surface area contributed by atoms with Gasteiger partial charge in [-0.15, -0.1) is 0 Å². The van der Waals surface area contributed by atoms with Crippen LogP contribution in [0.15, 0.2) is 36.8 Å². The number of ether oxygens (including phenoxy) is 1. The summed E-state index contributed by atoms with van der Waals surface area (Å²) >= 11 is 0. The standard InChI is InChI=1S/C16H22N2O2/c1-4-9-20-14-7-5-13(6-8-14)16(19)15-10-17-11-18(15)12(2)3/h5-8,10-12,16,19H,4,9H2,1-3H3. The number of hydrogen-bond donors (Lipinski definition) is 1. The number of aliphatic hydroxyl groups is 1. The zero-order chi connectivity index (χ0) is 14.5. The van der Waals surface area contributed by atoms with Gasteiger partial charge in [-0.3, -0.25) is 0 Å². The highest BCUT2D eigenvalue weighted by Gasteiger charge is 2.16. The average molecular weight is 274 g/mol. The first-order valence-electron chi connectivity index (χ1n) is 7.06. The number of aliphatic hydroxyl groups excluding tert-OH is 1. The first kappa shape index (κ1) is 14.6. The molecule has 0 radical (unpaired) electrons. The quantitative estimate of drug-likeness (QED) is 0.879. The molecular weight excluding hydrogens is 252 g/mol. The maximum Gasteiger partial charge on any atom is 0.121 e. The van der Waals surface area contributed by atoms with Crippen molar-refractivity contribution in [3.63, 3.8) is 0 Å². The van der Waals surface area contributed by atoms with Gasteiger partial charge in [0.25, 0.3) is 0 Å². The Balaban J connectivity index is 2.16. The number of hydrogen-bond acceptors (Lipinski definition) is 3. The predicted octanol–water partition coefficient (Wildman–Crippen LogP) is 3.33. The minimum absolute atomic E-state index is 0.273. The highest BCUT2D eigenvalue weighted by Crippen LogP contribution is 2.25. The number of benzene rings is 1. The van der Waals surface area contributed by atoms with E-state index in [-0.39, 0.29) is 6.04 Å². The van der Waals surface area contributed by atoms with Gasteiger partial charge in [0.1, 0.15) is 11.9 Å². The van der Waals surface area contributed by atoms with E-state index in [1.807, 2.05) is 28.8 Å². The molecule has 2 rings (SSSR count). The second-order valence-corrected chi connectivity index (χ2v) is 5.14. The Morgan fingerprint density at radius 1 is 1.25 bits per heavy atom. The Bertz CT molecular complexity index is 532. The first-order valence-corrected chi connectivity index (χ1v) is 7.06. The molecule has 1 unspecified atom stereocenters. The molecule has 1 N–H and O–H groups in total. The van der Waals surface area contributed by atoms with Crippen LogP contribution >= 0.6 is 0 Å². The van der Waals surface area contributed by atoms with Crippen molar-refractivity contribution in [2.45, 2.75) is 39.3 Å². The van der Waals surface area contributed by atoms with E-state index in [9.17, 15) is 5.11 Å².